The number of hydrogen-bond acceptors (Lipinski definition) is 5. The molecule has 3 rings (SSSR count). The summed E-state index contributed by atoms with van der Waals surface area (Å²) in [5.74, 6) is 4.87. The number of amides is 1. The Morgan fingerprint density at radius 2 is 1.93 bits per heavy atom. The highest BCUT2D eigenvalue weighted by atomic mass is 35.5. The molecule has 1 heterocycles. The number of anilines is 1. The predicted octanol–water partition coefficient (Wildman–Crippen LogP) is 3.71. The fourth-order valence-electron chi connectivity index (χ4n) is 2.19. The van der Waals surface area contributed by atoms with E-state index in [1.165, 1.54) is 41.1 Å². The number of thioether (sulfide) groups is 1. The summed E-state index contributed by atoms with van der Waals surface area (Å²) in [5, 5.41) is 10.3. The first-order valence-corrected chi connectivity index (χ1v) is 9.00. The number of rotatable bonds is 5. The molecule has 0 radical (unpaired) electrons. The zero-order valence-electron chi connectivity index (χ0n) is 14.0. The minimum absolute atomic E-state index is 0.0260. The van der Waals surface area contributed by atoms with Crippen LogP contribution in [-0.4, -0.2) is 26.0 Å². The lowest BCUT2D eigenvalue weighted by Gasteiger charge is -2.12. The Morgan fingerprint density at radius 1 is 1.22 bits per heavy atom. The van der Waals surface area contributed by atoms with Crippen molar-refractivity contribution < 1.29 is 13.6 Å². The van der Waals surface area contributed by atoms with Crippen LogP contribution in [0.3, 0.4) is 0 Å². The van der Waals surface area contributed by atoms with Crippen LogP contribution >= 0.6 is 23.4 Å². The molecular formula is C17H14ClF2N5OS. The molecule has 27 heavy (non-hydrogen) atoms. The summed E-state index contributed by atoms with van der Waals surface area (Å²) in [6.07, 6.45) is 0. The Balaban J connectivity index is 1.71. The smallest absolute Gasteiger partial charge is 0.237 e. The molecule has 0 aliphatic rings. The zero-order chi connectivity index (χ0) is 19.6. The minimum Gasteiger partial charge on any atom is -0.335 e. The number of carbonyl (C=O) groups is 1. The summed E-state index contributed by atoms with van der Waals surface area (Å²) in [6, 6.07) is 9.59. The van der Waals surface area contributed by atoms with E-state index in [-0.39, 0.29) is 21.7 Å². The van der Waals surface area contributed by atoms with Crippen LogP contribution in [0.5, 0.6) is 0 Å². The molecule has 140 valence electrons. The average molecular weight is 410 g/mol. The van der Waals surface area contributed by atoms with Gasteiger partial charge in [0.2, 0.25) is 11.1 Å². The number of benzene rings is 2. The number of halogens is 3. The van der Waals surface area contributed by atoms with Crippen LogP contribution in [0, 0.1) is 11.6 Å². The fourth-order valence-corrected chi connectivity index (χ4v) is 3.12. The third-order valence-corrected chi connectivity index (χ3v) is 4.90. The normalized spacial score (nSPS) is 12.0. The predicted molar refractivity (Wildman–Crippen MR) is 101 cm³/mol. The van der Waals surface area contributed by atoms with Crippen molar-refractivity contribution in [3.8, 4) is 11.4 Å². The van der Waals surface area contributed by atoms with Crippen molar-refractivity contribution in [2.24, 2.45) is 0 Å². The van der Waals surface area contributed by atoms with E-state index in [1.807, 2.05) is 0 Å². The quantitative estimate of drug-likeness (QED) is 0.495. The highest BCUT2D eigenvalue weighted by Crippen LogP contribution is 2.26. The summed E-state index contributed by atoms with van der Waals surface area (Å²) in [5.41, 5.74) is 0.608. The van der Waals surface area contributed by atoms with Crippen molar-refractivity contribution in [2.45, 2.75) is 17.3 Å². The second kappa shape index (κ2) is 7.93. The second-order valence-electron chi connectivity index (χ2n) is 5.56. The van der Waals surface area contributed by atoms with Crippen molar-refractivity contribution in [3.63, 3.8) is 0 Å². The molecule has 0 spiro atoms. The average Bonchev–Trinajstić information content (AvgIpc) is 2.98. The van der Waals surface area contributed by atoms with Gasteiger partial charge in [-0.3, -0.25) is 4.79 Å². The molecule has 6 nitrogen and oxygen atoms in total. The van der Waals surface area contributed by atoms with E-state index >= 15 is 0 Å². The number of nitrogens with one attached hydrogen (secondary N) is 1. The van der Waals surface area contributed by atoms with E-state index in [0.717, 1.165) is 17.8 Å². The monoisotopic (exact) mass is 409 g/mol. The number of carbonyl (C=O) groups excluding carboxylic acids is 1. The summed E-state index contributed by atoms with van der Waals surface area (Å²) in [7, 11) is 0. The maximum atomic E-state index is 13.8. The highest BCUT2D eigenvalue weighted by Gasteiger charge is 2.21. The van der Waals surface area contributed by atoms with Gasteiger partial charge >= 0.3 is 0 Å². The van der Waals surface area contributed by atoms with Crippen LogP contribution in [-0.2, 0) is 4.79 Å². The molecule has 10 heteroatoms. The van der Waals surface area contributed by atoms with Gasteiger partial charge in [-0.05, 0) is 49.4 Å². The lowest BCUT2D eigenvalue weighted by atomic mass is 10.2. The van der Waals surface area contributed by atoms with Gasteiger partial charge in [0.1, 0.15) is 11.6 Å². The van der Waals surface area contributed by atoms with Crippen molar-refractivity contribution >= 4 is 35.0 Å². The van der Waals surface area contributed by atoms with E-state index in [0.29, 0.717) is 11.4 Å². The maximum Gasteiger partial charge on any atom is 0.237 e. The molecule has 3 aromatic rings. The second-order valence-corrected chi connectivity index (χ2v) is 7.30. The topological polar surface area (TPSA) is 85.8 Å². The Labute approximate surface area is 162 Å². The van der Waals surface area contributed by atoms with Gasteiger partial charge in [-0.25, -0.2) is 13.5 Å². The Kier molecular flexibility index (Phi) is 5.62. The van der Waals surface area contributed by atoms with Crippen LogP contribution < -0.4 is 11.2 Å². The first-order valence-electron chi connectivity index (χ1n) is 7.74. The molecule has 0 aliphatic carbocycles. The van der Waals surface area contributed by atoms with Crippen LogP contribution in [0.2, 0.25) is 5.02 Å². The maximum absolute atomic E-state index is 13.8. The van der Waals surface area contributed by atoms with Crippen molar-refractivity contribution in [1.29, 1.82) is 0 Å². The number of aromatic nitrogens is 3. The molecular weight excluding hydrogens is 396 g/mol. The molecule has 0 aliphatic heterocycles. The van der Waals surface area contributed by atoms with Gasteiger partial charge in [-0.2, -0.15) is 0 Å². The summed E-state index contributed by atoms with van der Waals surface area (Å²) in [4.78, 5) is 12.3. The van der Waals surface area contributed by atoms with Gasteiger partial charge in [0.25, 0.3) is 0 Å². The van der Waals surface area contributed by atoms with Gasteiger partial charge in [0, 0.05) is 10.6 Å². The van der Waals surface area contributed by atoms with Crippen molar-refractivity contribution in [2.75, 3.05) is 11.2 Å². The molecule has 1 atom stereocenters. The van der Waals surface area contributed by atoms with Crippen molar-refractivity contribution in [3.05, 3.63) is 59.1 Å². The molecule has 2 aromatic carbocycles. The van der Waals surface area contributed by atoms with E-state index in [1.54, 1.807) is 6.92 Å². The molecule has 0 saturated carbocycles. The largest absolute Gasteiger partial charge is 0.335 e. The number of nitrogens with zero attached hydrogens (tertiary/aromatic N) is 3. The van der Waals surface area contributed by atoms with Crippen LogP contribution in [0.1, 0.15) is 6.92 Å². The lowest BCUT2D eigenvalue weighted by Crippen LogP contribution is -2.24. The van der Waals surface area contributed by atoms with Crippen molar-refractivity contribution in [1.82, 2.24) is 14.9 Å². The van der Waals surface area contributed by atoms with Crippen LogP contribution in [0.25, 0.3) is 11.4 Å². The summed E-state index contributed by atoms with van der Waals surface area (Å²) >= 11 is 6.75. The molecule has 0 unspecified atom stereocenters. The van der Waals surface area contributed by atoms with Gasteiger partial charge in [0.05, 0.1) is 10.9 Å². The third kappa shape index (κ3) is 4.37. The van der Waals surface area contributed by atoms with Crippen LogP contribution in [0.4, 0.5) is 14.5 Å². The summed E-state index contributed by atoms with van der Waals surface area (Å²) < 4.78 is 28.1. The van der Waals surface area contributed by atoms with Gasteiger partial charge in [-0.15, -0.1) is 10.2 Å². The van der Waals surface area contributed by atoms with E-state index < -0.39 is 17.0 Å². The first-order chi connectivity index (χ1) is 12.8. The zero-order valence-corrected chi connectivity index (χ0v) is 15.6. The first kappa shape index (κ1) is 19.1. The number of nitrogen functional groups attached to an aromatic ring is 1. The van der Waals surface area contributed by atoms with Gasteiger partial charge in [-0.1, -0.05) is 23.4 Å². The Morgan fingerprint density at radius 3 is 2.59 bits per heavy atom. The van der Waals surface area contributed by atoms with Crippen LogP contribution in [0.15, 0.2) is 47.6 Å². The van der Waals surface area contributed by atoms with E-state index in [2.05, 4.69) is 15.5 Å². The molecule has 0 saturated heterocycles. The standard InChI is InChI=1S/C17H14ClF2N5OS/c1-9(16(26)22-14-7-4-11(18)8-13(14)20)27-17-24-23-15(25(17)21)10-2-5-12(19)6-3-10/h2-9H,21H2,1H3,(H,22,26)/t9-/m0/s1. The molecule has 0 fully saturated rings. The lowest BCUT2D eigenvalue weighted by molar-refractivity contribution is -0.115. The highest BCUT2D eigenvalue weighted by molar-refractivity contribution is 8.00. The number of hydrogen-bond donors (Lipinski definition) is 2. The molecule has 0 bridgehead atoms. The fraction of sp³-hybridized carbons (Fsp3) is 0.118. The van der Waals surface area contributed by atoms with E-state index in [9.17, 15) is 13.6 Å². The molecule has 1 amide bonds. The third-order valence-electron chi connectivity index (χ3n) is 3.61. The molecule has 3 N–H and O–H groups in total. The Hall–Kier alpha value is -2.65. The Bertz CT molecular complexity index is 980. The minimum atomic E-state index is -0.632. The SMILES string of the molecule is C[C@H](Sc1nnc(-c2ccc(F)cc2)n1N)C(=O)Nc1ccc(Cl)cc1F. The summed E-state index contributed by atoms with van der Waals surface area (Å²) in [6.45, 7) is 1.63. The van der Waals surface area contributed by atoms with Gasteiger partial charge < -0.3 is 11.2 Å². The van der Waals surface area contributed by atoms with Gasteiger partial charge in [0.15, 0.2) is 5.82 Å². The van der Waals surface area contributed by atoms with E-state index in [4.69, 9.17) is 17.4 Å². The number of nitrogens with two attached hydrogens (primary N) is 1. The molecule has 1 aromatic heterocycles.